The highest BCUT2D eigenvalue weighted by atomic mass is 19.4. The Labute approximate surface area is 83.5 Å². The van der Waals surface area contributed by atoms with E-state index in [1.54, 1.807) is 0 Å². The van der Waals surface area contributed by atoms with E-state index in [0.29, 0.717) is 4.57 Å². The first-order valence-electron chi connectivity index (χ1n) is 4.26. The van der Waals surface area contributed by atoms with E-state index in [-0.39, 0.29) is 13.0 Å². The van der Waals surface area contributed by atoms with Gasteiger partial charge in [0.25, 0.3) is 0 Å². The second-order valence-electron chi connectivity index (χ2n) is 2.94. The fourth-order valence-electron chi connectivity index (χ4n) is 1.22. The van der Waals surface area contributed by atoms with Gasteiger partial charge in [0.2, 0.25) is 0 Å². The second-order valence-corrected chi connectivity index (χ2v) is 2.94. The molecule has 1 unspecified atom stereocenters. The van der Waals surface area contributed by atoms with Crippen molar-refractivity contribution in [3.63, 3.8) is 0 Å². The van der Waals surface area contributed by atoms with Crippen molar-refractivity contribution in [3.8, 4) is 0 Å². The highest BCUT2D eigenvalue weighted by molar-refractivity contribution is 4.87. The molecule has 0 saturated carbocycles. The lowest BCUT2D eigenvalue weighted by molar-refractivity contribution is -0.169. The number of aromatic nitrogens is 2. The van der Waals surface area contributed by atoms with Gasteiger partial charge in [-0.15, -0.1) is 0 Å². The van der Waals surface area contributed by atoms with Crippen LogP contribution >= 0.6 is 0 Å². The van der Waals surface area contributed by atoms with E-state index in [0.717, 1.165) is 12.4 Å². The zero-order valence-corrected chi connectivity index (χ0v) is 7.74. The predicted molar refractivity (Wildman–Crippen MR) is 47.3 cm³/mol. The summed E-state index contributed by atoms with van der Waals surface area (Å²) in [5.74, 6) is 0. The zero-order valence-electron chi connectivity index (χ0n) is 7.74. The molecule has 7 heteroatoms. The van der Waals surface area contributed by atoms with Crippen LogP contribution in [0.15, 0.2) is 23.3 Å². The first-order chi connectivity index (χ1) is 6.96. The minimum Gasteiger partial charge on any atom is -0.330 e. The van der Waals surface area contributed by atoms with Crippen LogP contribution < -0.4 is 11.4 Å². The molecule has 15 heavy (non-hydrogen) atoms. The Balaban J connectivity index is 3.11. The maximum absolute atomic E-state index is 12.5. The first kappa shape index (κ1) is 11.7. The number of hydrogen-bond donors (Lipinski definition) is 1. The van der Waals surface area contributed by atoms with Gasteiger partial charge >= 0.3 is 11.9 Å². The SMILES string of the molecule is NCCC(n1cccnc1=O)C(F)(F)F. The summed E-state index contributed by atoms with van der Waals surface area (Å²) in [6.07, 6.45) is -2.63. The van der Waals surface area contributed by atoms with Gasteiger partial charge in [0, 0.05) is 12.4 Å². The van der Waals surface area contributed by atoms with E-state index >= 15 is 0 Å². The molecule has 1 aromatic rings. The van der Waals surface area contributed by atoms with Crippen molar-refractivity contribution in [2.45, 2.75) is 18.6 Å². The van der Waals surface area contributed by atoms with E-state index < -0.39 is 17.9 Å². The number of nitrogens with zero attached hydrogens (tertiary/aromatic N) is 2. The molecule has 0 saturated heterocycles. The van der Waals surface area contributed by atoms with Crippen LogP contribution in [0, 0.1) is 0 Å². The van der Waals surface area contributed by atoms with Gasteiger partial charge in [-0.05, 0) is 19.0 Å². The molecule has 84 valence electrons. The normalized spacial score (nSPS) is 13.9. The van der Waals surface area contributed by atoms with Crippen LogP contribution in [0.4, 0.5) is 13.2 Å². The van der Waals surface area contributed by atoms with Crippen molar-refractivity contribution >= 4 is 0 Å². The van der Waals surface area contributed by atoms with E-state index in [1.807, 2.05) is 0 Å². The molecule has 0 aliphatic carbocycles. The van der Waals surface area contributed by atoms with Gasteiger partial charge in [0.1, 0.15) is 6.04 Å². The molecule has 1 aromatic heterocycles. The molecule has 2 N–H and O–H groups in total. The Hall–Kier alpha value is -1.37. The summed E-state index contributed by atoms with van der Waals surface area (Å²) < 4.78 is 38.1. The van der Waals surface area contributed by atoms with Crippen molar-refractivity contribution in [2.75, 3.05) is 6.54 Å². The third-order valence-corrected chi connectivity index (χ3v) is 1.89. The van der Waals surface area contributed by atoms with E-state index in [1.165, 1.54) is 6.07 Å². The zero-order chi connectivity index (χ0) is 11.5. The Bertz CT molecular complexity index is 374. The summed E-state index contributed by atoms with van der Waals surface area (Å²) in [5.41, 5.74) is 4.15. The molecule has 1 atom stereocenters. The van der Waals surface area contributed by atoms with E-state index in [9.17, 15) is 18.0 Å². The van der Waals surface area contributed by atoms with Crippen molar-refractivity contribution in [1.82, 2.24) is 9.55 Å². The van der Waals surface area contributed by atoms with Crippen molar-refractivity contribution in [3.05, 3.63) is 28.9 Å². The van der Waals surface area contributed by atoms with Crippen LogP contribution in [0.25, 0.3) is 0 Å². The highest BCUT2D eigenvalue weighted by Crippen LogP contribution is 2.31. The maximum atomic E-state index is 12.5. The molecule has 0 aliphatic rings. The topological polar surface area (TPSA) is 60.9 Å². The van der Waals surface area contributed by atoms with E-state index in [2.05, 4.69) is 4.98 Å². The van der Waals surface area contributed by atoms with Crippen LogP contribution in [0.5, 0.6) is 0 Å². The molecule has 0 fully saturated rings. The molecule has 1 rings (SSSR count). The van der Waals surface area contributed by atoms with Crippen LogP contribution in [-0.4, -0.2) is 22.3 Å². The standard InChI is InChI=1S/C8H10F3N3O/c9-8(10,11)6(2-3-12)14-5-1-4-13-7(14)15/h1,4-6H,2-3,12H2. The minimum atomic E-state index is -4.49. The number of alkyl halides is 3. The molecule has 0 bridgehead atoms. The molecule has 0 aromatic carbocycles. The van der Waals surface area contributed by atoms with Crippen LogP contribution in [-0.2, 0) is 0 Å². The Morgan fingerprint density at radius 3 is 2.67 bits per heavy atom. The van der Waals surface area contributed by atoms with Gasteiger partial charge < -0.3 is 5.73 Å². The number of rotatable bonds is 3. The molecule has 0 aliphatic heterocycles. The van der Waals surface area contributed by atoms with Gasteiger partial charge in [-0.1, -0.05) is 0 Å². The third-order valence-electron chi connectivity index (χ3n) is 1.89. The van der Waals surface area contributed by atoms with Crippen molar-refractivity contribution < 1.29 is 13.2 Å². The van der Waals surface area contributed by atoms with Crippen LogP contribution in [0.2, 0.25) is 0 Å². The lowest BCUT2D eigenvalue weighted by Gasteiger charge is -2.21. The van der Waals surface area contributed by atoms with Gasteiger partial charge in [-0.3, -0.25) is 4.57 Å². The fourth-order valence-corrected chi connectivity index (χ4v) is 1.22. The Morgan fingerprint density at radius 2 is 2.20 bits per heavy atom. The number of hydrogen-bond acceptors (Lipinski definition) is 3. The summed E-state index contributed by atoms with van der Waals surface area (Å²) in [6.45, 7) is -0.147. The average Bonchev–Trinajstić information content (AvgIpc) is 2.14. The van der Waals surface area contributed by atoms with Crippen molar-refractivity contribution in [2.24, 2.45) is 5.73 Å². The summed E-state index contributed by atoms with van der Waals surface area (Å²) >= 11 is 0. The molecule has 0 spiro atoms. The first-order valence-corrected chi connectivity index (χ1v) is 4.26. The van der Waals surface area contributed by atoms with Crippen LogP contribution in [0.3, 0.4) is 0 Å². The van der Waals surface area contributed by atoms with Gasteiger partial charge in [0.15, 0.2) is 0 Å². The Kier molecular flexibility index (Phi) is 3.46. The second kappa shape index (κ2) is 4.43. The summed E-state index contributed by atoms with van der Waals surface area (Å²) in [5, 5.41) is 0. The molecular formula is C8H10F3N3O. The number of nitrogens with two attached hydrogens (primary N) is 1. The fraction of sp³-hybridized carbons (Fsp3) is 0.500. The smallest absolute Gasteiger partial charge is 0.330 e. The minimum absolute atomic E-state index is 0.147. The highest BCUT2D eigenvalue weighted by Gasteiger charge is 2.40. The molecular weight excluding hydrogens is 211 g/mol. The molecule has 0 amide bonds. The van der Waals surface area contributed by atoms with Crippen LogP contribution in [0.1, 0.15) is 12.5 Å². The number of halogens is 3. The lowest BCUT2D eigenvalue weighted by Crippen LogP contribution is -2.36. The monoisotopic (exact) mass is 221 g/mol. The summed E-state index contributed by atoms with van der Waals surface area (Å²) in [4.78, 5) is 14.4. The largest absolute Gasteiger partial charge is 0.409 e. The molecule has 0 radical (unpaired) electrons. The lowest BCUT2D eigenvalue weighted by atomic mass is 10.2. The van der Waals surface area contributed by atoms with Gasteiger partial charge in [-0.25, -0.2) is 9.78 Å². The molecule has 1 heterocycles. The van der Waals surface area contributed by atoms with Gasteiger partial charge in [0.05, 0.1) is 0 Å². The quantitative estimate of drug-likeness (QED) is 0.817. The maximum Gasteiger partial charge on any atom is 0.409 e. The summed E-state index contributed by atoms with van der Waals surface area (Å²) in [6, 6.07) is -0.625. The van der Waals surface area contributed by atoms with E-state index in [4.69, 9.17) is 5.73 Å². The average molecular weight is 221 g/mol. The predicted octanol–water partition coefficient (Wildman–Crippen LogP) is 0.695. The third kappa shape index (κ3) is 2.79. The summed E-state index contributed by atoms with van der Waals surface area (Å²) in [7, 11) is 0. The Morgan fingerprint density at radius 1 is 1.53 bits per heavy atom. The van der Waals surface area contributed by atoms with Gasteiger partial charge in [-0.2, -0.15) is 13.2 Å². The van der Waals surface area contributed by atoms with Crippen molar-refractivity contribution in [1.29, 1.82) is 0 Å². The molecule has 4 nitrogen and oxygen atoms in total.